The Bertz CT molecular complexity index is 743. The summed E-state index contributed by atoms with van der Waals surface area (Å²) in [5.74, 6) is 0. The Morgan fingerprint density at radius 2 is 1.94 bits per heavy atom. The number of rotatable bonds is 2. The van der Waals surface area contributed by atoms with Crippen molar-refractivity contribution < 1.29 is 0 Å². The topological polar surface area (TPSA) is 37.8 Å². The molecule has 2 aromatic heterocycles. The van der Waals surface area contributed by atoms with Gasteiger partial charge in [0.2, 0.25) is 0 Å². The van der Waals surface area contributed by atoms with Crippen molar-refractivity contribution >= 4 is 26.8 Å². The number of pyridine rings is 1. The van der Waals surface area contributed by atoms with Crippen molar-refractivity contribution in [3.8, 4) is 0 Å². The quantitative estimate of drug-likeness (QED) is 0.776. The van der Waals surface area contributed by atoms with Crippen LogP contribution in [-0.4, -0.2) is 9.55 Å². The predicted molar refractivity (Wildman–Crippen MR) is 75.8 cm³/mol. The van der Waals surface area contributed by atoms with Gasteiger partial charge in [0.15, 0.2) is 0 Å². The third kappa shape index (κ3) is 1.88. The maximum Gasteiger partial charge on any atom is 0.275 e. The molecule has 0 aliphatic heterocycles. The van der Waals surface area contributed by atoms with Crippen LogP contribution in [0.4, 0.5) is 0 Å². The van der Waals surface area contributed by atoms with Gasteiger partial charge in [0, 0.05) is 22.3 Å². The van der Waals surface area contributed by atoms with E-state index < -0.39 is 0 Å². The molecule has 0 atom stereocenters. The van der Waals surface area contributed by atoms with Crippen LogP contribution in [0, 0.1) is 0 Å². The van der Waals surface area contributed by atoms with Gasteiger partial charge < -0.3 is 9.55 Å². The third-order valence-corrected chi connectivity index (χ3v) is 3.62. The summed E-state index contributed by atoms with van der Waals surface area (Å²) in [6, 6.07) is 11.9. The average molecular weight is 303 g/mol. The Balaban J connectivity index is 2.08. The molecule has 0 spiro atoms. The smallest absolute Gasteiger partial charge is 0.275 e. The lowest BCUT2D eigenvalue weighted by Crippen LogP contribution is -2.20. The van der Waals surface area contributed by atoms with Gasteiger partial charge in [-0.1, -0.05) is 30.3 Å². The first-order valence-electron chi connectivity index (χ1n) is 5.65. The number of aromatic amines is 1. The minimum absolute atomic E-state index is 0.00190. The normalized spacial score (nSPS) is 10.9. The number of aromatic nitrogens is 2. The zero-order valence-electron chi connectivity index (χ0n) is 9.56. The molecule has 3 rings (SSSR count). The van der Waals surface area contributed by atoms with Crippen LogP contribution in [0.25, 0.3) is 10.9 Å². The first kappa shape index (κ1) is 11.3. The molecule has 18 heavy (non-hydrogen) atoms. The van der Waals surface area contributed by atoms with Crippen LogP contribution >= 0.6 is 15.9 Å². The summed E-state index contributed by atoms with van der Waals surface area (Å²) in [4.78, 5) is 15.3. The monoisotopic (exact) mass is 302 g/mol. The van der Waals surface area contributed by atoms with Gasteiger partial charge in [0.25, 0.3) is 5.56 Å². The maximum atomic E-state index is 12.3. The Hall–Kier alpha value is -1.81. The molecule has 0 unspecified atom stereocenters. The van der Waals surface area contributed by atoms with Crippen LogP contribution in [0.5, 0.6) is 0 Å². The van der Waals surface area contributed by atoms with Crippen LogP contribution in [0.3, 0.4) is 0 Å². The molecule has 3 aromatic rings. The highest BCUT2D eigenvalue weighted by Gasteiger charge is 2.07. The van der Waals surface area contributed by atoms with E-state index in [9.17, 15) is 4.79 Å². The van der Waals surface area contributed by atoms with E-state index in [2.05, 4.69) is 20.9 Å². The predicted octanol–water partition coefficient (Wildman–Crippen LogP) is 3.14. The zero-order valence-corrected chi connectivity index (χ0v) is 11.1. The molecule has 0 saturated carbocycles. The van der Waals surface area contributed by atoms with Crippen LogP contribution in [0.1, 0.15) is 5.56 Å². The molecular weight excluding hydrogens is 292 g/mol. The van der Waals surface area contributed by atoms with E-state index in [0.717, 1.165) is 15.4 Å². The van der Waals surface area contributed by atoms with E-state index >= 15 is 0 Å². The van der Waals surface area contributed by atoms with Crippen LogP contribution in [0.15, 0.2) is 58.1 Å². The summed E-state index contributed by atoms with van der Waals surface area (Å²) in [7, 11) is 0. The highest BCUT2D eigenvalue weighted by Crippen LogP contribution is 2.20. The molecule has 0 saturated heterocycles. The lowest BCUT2D eigenvalue weighted by molar-refractivity contribution is 0.766. The number of halogens is 1. The van der Waals surface area contributed by atoms with Gasteiger partial charge in [-0.3, -0.25) is 4.79 Å². The van der Waals surface area contributed by atoms with Gasteiger partial charge in [-0.15, -0.1) is 0 Å². The second-order valence-electron chi connectivity index (χ2n) is 4.16. The Morgan fingerprint density at radius 3 is 2.72 bits per heavy atom. The molecule has 0 bridgehead atoms. The fraction of sp³-hybridized carbons (Fsp3) is 0.0714. The SMILES string of the molecule is O=c1c2[nH]cc(Br)c2ccn1Cc1ccccc1. The molecular formula is C14H11BrN2O. The van der Waals surface area contributed by atoms with Crippen molar-refractivity contribution in [2.45, 2.75) is 6.54 Å². The van der Waals surface area contributed by atoms with E-state index in [1.54, 1.807) is 10.8 Å². The van der Waals surface area contributed by atoms with Gasteiger partial charge in [-0.25, -0.2) is 0 Å². The van der Waals surface area contributed by atoms with Crippen molar-refractivity contribution in [3.63, 3.8) is 0 Å². The fourth-order valence-corrected chi connectivity index (χ4v) is 2.48. The number of benzene rings is 1. The minimum atomic E-state index is 0.00190. The third-order valence-electron chi connectivity index (χ3n) is 2.96. The van der Waals surface area contributed by atoms with E-state index in [4.69, 9.17) is 0 Å². The Morgan fingerprint density at radius 1 is 1.17 bits per heavy atom. The molecule has 4 heteroatoms. The van der Waals surface area contributed by atoms with E-state index in [0.29, 0.717) is 12.1 Å². The highest BCUT2D eigenvalue weighted by atomic mass is 79.9. The van der Waals surface area contributed by atoms with Crippen molar-refractivity contribution in [1.82, 2.24) is 9.55 Å². The molecule has 2 heterocycles. The minimum Gasteiger partial charge on any atom is -0.356 e. The van der Waals surface area contributed by atoms with Crippen molar-refractivity contribution in [3.05, 3.63) is 69.2 Å². The second-order valence-corrected chi connectivity index (χ2v) is 5.01. The molecule has 1 N–H and O–H groups in total. The summed E-state index contributed by atoms with van der Waals surface area (Å²) in [5, 5.41) is 0.921. The summed E-state index contributed by atoms with van der Waals surface area (Å²) in [6.07, 6.45) is 3.62. The molecule has 90 valence electrons. The Labute approximate surface area is 112 Å². The first-order chi connectivity index (χ1) is 8.75. The van der Waals surface area contributed by atoms with E-state index in [-0.39, 0.29) is 5.56 Å². The van der Waals surface area contributed by atoms with Crippen molar-refractivity contribution in [1.29, 1.82) is 0 Å². The van der Waals surface area contributed by atoms with E-state index in [1.165, 1.54) is 0 Å². The van der Waals surface area contributed by atoms with Crippen molar-refractivity contribution in [2.75, 3.05) is 0 Å². The van der Waals surface area contributed by atoms with Gasteiger partial charge in [-0.05, 0) is 27.6 Å². The van der Waals surface area contributed by atoms with Crippen LogP contribution in [-0.2, 0) is 6.54 Å². The number of hydrogen-bond donors (Lipinski definition) is 1. The van der Waals surface area contributed by atoms with Gasteiger partial charge >= 0.3 is 0 Å². The van der Waals surface area contributed by atoms with Gasteiger partial charge in [0.05, 0.1) is 6.54 Å². The second kappa shape index (κ2) is 4.46. The summed E-state index contributed by atoms with van der Waals surface area (Å²) in [5.41, 5.74) is 1.76. The standard InChI is InChI=1S/C14H11BrN2O/c15-12-8-16-13-11(12)6-7-17(14(13)18)9-10-4-2-1-3-5-10/h1-8,16H,9H2. The molecule has 3 nitrogen and oxygen atoms in total. The molecule has 0 radical (unpaired) electrons. The largest absolute Gasteiger partial charge is 0.356 e. The lowest BCUT2D eigenvalue weighted by Gasteiger charge is -2.05. The maximum absolute atomic E-state index is 12.3. The first-order valence-corrected chi connectivity index (χ1v) is 6.45. The number of nitrogens with one attached hydrogen (secondary N) is 1. The van der Waals surface area contributed by atoms with Crippen LogP contribution < -0.4 is 5.56 Å². The fourth-order valence-electron chi connectivity index (χ4n) is 2.03. The number of H-pyrrole nitrogens is 1. The van der Waals surface area contributed by atoms with Crippen LogP contribution in [0.2, 0.25) is 0 Å². The summed E-state index contributed by atoms with van der Waals surface area (Å²) >= 11 is 3.41. The van der Waals surface area contributed by atoms with E-state index in [1.807, 2.05) is 42.6 Å². The van der Waals surface area contributed by atoms with Crippen molar-refractivity contribution in [2.24, 2.45) is 0 Å². The summed E-state index contributed by atoms with van der Waals surface area (Å²) < 4.78 is 2.63. The lowest BCUT2D eigenvalue weighted by atomic mass is 10.2. The average Bonchev–Trinajstić information content (AvgIpc) is 2.77. The molecule has 0 fully saturated rings. The van der Waals surface area contributed by atoms with Gasteiger partial charge in [-0.2, -0.15) is 0 Å². The van der Waals surface area contributed by atoms with Gasteiger partial charge in [0.1, 0.15) is 5.52 Å². The number of nitrogens with zero attached hydrogens (tertiary/aromatic N) is 1. The Kier molecular flexibility index (Phi) is 2.80. The molecule has 0 aliphatic rings. The molecule has 0 aliphatic carbocycles. The zero-order chi connectivity index (χ0) is 12.5. The highest BCUT2D eigenvalue weighted by molar-refractivity contribution is 9.10. The molecule has 1 aromatic carbocycles. The summed E-state index contributed by atoms with van der Waals surface area (Å²) in [6.45, 7) is 0.590. The number of hydrogen-bond acceptors (Lipinski definition) is 1. The number of fused-ring (bicyclic) bond motifs is 1. The molecule has 0 amide bonds.